The number of nitrogens with zero attached hydrogens (tertiary/aromatic N) is 2. The largest absolute Gasteiger partial charge is 0.496 e. The van der Waals surface area contributed by atoms with Crippen LogP contribution in [0.5, 0.6) is 5.75 Å². The van der Waals surface area contributed by atoms with E-state index in [0.29, 0.717) is 31.4 Å². The molecule has 0 N–H and O–H groups in total. The second-order valence-corrected chi connectivity index (χ2v) is 9.55. The molecule has 0 amide bonds. The van der Waals surface area contributed by atoms with Gasteiger partial charge < -0.3 is 9.47 Å². The Morgan fingerprint density at radius 3 is 2.64 bits per heavy atom. The molecule has 1 aliphatic heterocycles. The fraction of sp³-hybridized carbons (Fsp3) is 0.208. The second-order valence-electron chi connectivity index (χ2n) is 7.25. The molecule has 170 valence electrons. The summed E-state index contributed by atoms with van der Waals surface area (Å²) in [4.78, 5) is 31.5. The lowest BCUT2D eigenvalue weighted by Crippen LogP contribution is -2.39. The average molecular weight is 548 g/mol. The number of benzene rings is 2. The molecule has 2 aromatic carbocycles. The maximum atomic E-state index is 13.6. The summed E-state index contributed by atoms with van der Waals surface area (Å²) in [5.74, 6) is 0.207. The van der Waals surface area contributed by atoms with Crippen molar-refractivity contribution in [3.05, 3.63) is 94.0 Å². The summed E-state index contributed by atoms with van der Waals surface area (Å²) < 4.78 is 13.4. The molecule has 1 aromatic heterocycles. The van der Waals surface area contributed by atoms with E-state index in [-0.39, 0.29) is 12.2 Å². The minimum Gasteiger partial charge on any atom is -0.496 e. The second kappa shape index (κ2) is 9.67. The van der Waals surface area contributed by atoms with Crippen molar-refractivity contribution < 1.29 is 14.3 Å². The zero-order valence-corrected chi connectivity index (χ0v) is 21.3. The Morgan fingerprint density at radius 1 is 1.27 bits per heavy atom. The highest BCUT2D eigenvalue weighted by Gasteiger charge is 2.33. The van der Waals surface area contributed by atoms with Crippen molar-refractivity contribution in [2.75, 3.05) is 13.7 Å². The molecule has 1 unspecified atom stereocenters. The predicted molar refractivity (Wildman–Crippen MR) is 133 cm³/mol. The lowest BCUT2D eigenvalue weighted by molar-refractivity contribution is -0.139. The first-order chi connectivity index (χ1) is 15.8. The molecule has 1 atom stereocenters. The lowest BCUT2D eigenvalue weighted by Gasteiger charge is -2.24. The molecule has 0 fully saturated rings. The van der Waals surface area contributed by atoms with E-state index in [2.05, 4.69) is 20.9 Å². The number of fused-ring (bicyclic) bond motifs is 1. The van der Waals surface area contributed by atoms with Crippen LogP contribution in [0.4, 0.5) is 0 Å². The molecule has 0 saturated heterocycles. The summed E-state index contributed by atoms with van der Waals surface area (Å²) in [6.07, 6.45) is 1.80. The predicted octanol–water partition coefficient (Wildman–Crippen LogP) is 4.22. The van der Waals surface area contributed by atoms with Crippen molar-refractivity contribution in [3.8, 4) is 5.75 Å². The monoisotopic (exact) mass is 546 g/mol. The van der Waals surface area contributed by atoms with E-state index in [1.807, 2.05) is 30.3 Å². The molecule has 1 aliphatic rings. The van der Waals surface area contributed by atoms with Gasteiger partial charge in [0.2, 0.25) is 0 Å². The highest BCUT2D eigenvalue weighted by molar-refractivity contribution is 9.10. The Hall–Kier alpha value is -2.68. The van der Waals surface area contributed by atoms with Gasteiger partial charge in [-0.05, 0) is 71.2 Å². The smallest absolute Gasteiger partial charge is 0.338 e. The molecule has 9 heteroatoms. The first-order valence-corrected chi connectivity index (χ1v) is 12.1. The molecule has 3 aromatic rings. The topological polar surface area (TPSA) is 69.9 Å². The van der Waals surface area contributed by atoms with Gasteiger partial charge in [-0.2, -0.15) is 0 Å². The minimum absolute atomic E-state index is 0.222. The van der Waals surface area contributed by atoms with Crippen LogP contribution >= 0.6 is 38.9 Å². The lowest BCUT2D eigenvalue weighted by atomic mass is 9.96. The summed E-state index contributed by atoms with van der Waals surface area (Å²) in [7, 11) is 1.60. The van der Waals surface area contributed by atoms with Crippen LogP contribution in [0.2, 0.25) is 5.02 Å². The molecule has 0 aliphatic carbocycles. The van der Waals surface area contributed by atoms with Gasteiger partial charge in [-0.3, -0.25) is 9.36 Å². The van der Waals surface area contributed by atoms with E-state index >= 15 is 0 Å². The average Bonchev–Trinajstić information content (AvgIpc) is 3.08. The summed E-state index contributed by atoms with van der Waals surface area (Å²) in [6, 6.07) is 12.0. The number of esters is 1. The Labute approximate surface area is 207 Å². The molecule has 2 heterocycles. The molecule has 0 bridgehead atoms. The van der Waals surface area contributed by atoms with Crippen LogP contribution in [0.1, 0.15) is 31.0 Å². The van der Waals surface area contributed by atoms with Crippen LogP contribution < -0.4 is 19.6 Å². The zero-order chi connectivity index (χ0) is 23.7. The number of carbonyl (C=O) groups excluding carboxylic acids is 1. The Morgan fingerprint density at radius 2 is 2.00 bits per heavy atom. The Bertz CT molecular complexity index is 1440. The first kappa shape index (κ1) is 23.5. The number of rotatable bonds is 5. The number of methoxy groups -OCH3 is 1. The fourth-order valence-corrected chi connectivity index (χ4v) is 5.41. The first-order valence-electron chi connectivity index (χ1n) is 10.1. The van der Waals surface area contributed by atoms with Crippen molar-refractivity contribution in [2.24, 2.45) is 4.99 Å². The van der Waals surface area contributed by atoms with Crippen molar-refractivity contribution >= 4 is 50.9 Å². The Kier molecular flexibility index (Phi) is 6.88. The van der Waals surface area contributed by atoms with Gasteiger partial charge in [0.25, 0.3) is 5.56 Å². The van der Waals surface area contributed by atoms with E-state index in [1.165, 1.54) is 11.3 Å². The fourth-order valence-electron chi connectivity index (χ4n) is 3.68. The number of aromatic nitrogens is 1. The number of allylic oxidation sites excluding steroid dienone is 1. The van der Waals surface area contributed by atoms with E-state index < -0.39 is 12.0 Å². The number of thiazole rings is 1. The zero-order valence-electron chi connectivity index (χ0n) is 18.1. The van der Waals surface area contributed by atoms with Gasteiger partial charge in [-0.1, -0.05) is 41.1 Å². The van der Waals surface area contributed by atoms with Crippen LogP contribution in [0, 0.1) is 0 Å². The summed E-state index contributed by atoms with van der Waals surface area (Å²) >= 11 is 10.8. The molecular weight excluding hydrogens is 528 g/mol. The number of ether oxygens (including phenoxy) is 2. The molecule has 4 rings (SSSR count). The normalized spacial score (nSPS) is 15.8. The van der Waals surface area contributed by atoms with E-state index in [0.717, 1.165) is 15.6 Å². The molecule has 0 radical (unpaired) electrons. The maximum Gasteiger partial charge on any atom is 0.338 e. The molecular formula is C24H20BrClN2O4S. The van der Waals surface area contributed by atoms with Gasteiger partial charge in [0.1, 0.15) is 5.75 Å². The van der Waals surface area contributed by atoms with Crippen molar-refractivity contribution in [2.45, 2.75) is 19.9 Å². The number of carbonyl (C=O) groups is 1. The molecule has 0 spiro atoms. The third-order valence-corrected chi connectivity index (χ3v) is 7.03. The van der Waals surface area contributed by atoms with Gasteiger partial charge in [-0.25, -0.2) is 9.79 Å². The maximum absolute atomic E-state index is 13.6. The van der Waals surface area contributed by atoms with Gasteiger partial charge >= 0.3 is 5.97 Å². The molecule has 0 saturated carbocycles. The third-order valence-electron chi connectivity index (χ3n) is 5.18. The van der Waals surface area contributed by atoms with Crippen LogP contribution in [0.3, 0.4) is 0 Å². The van der Waals surface area contributed by atoms with Gasteiger partial charge in [0.15, 0.2) is 4.80 Å². The SMILES string of the molecule is CCOC(=O)C1=C(C)N=c2s/c(=C\c3ccc(OC)c(Br)c3)c(=O)n2C1c1ccc(Cl)cc1. The van der Waals surface area contributed by atoms with E-state index in [1.54, 1.807) is 43.7 Å². The van der Waals surface area contributed by atoms with Gasteiger partial charge in [-0.15, -0.1) is 0 Å². The minimum atomic E-state index is -0.665. The van der Waals surface area contributed by atoms with Crippen LogP contribution in [-0.4, -0.2) is 24.3 Å². The standard InChI is InChI=1S/C24H20BrClN2O4S/c1-4-32-23(30)20-13(2)27-24-28(21(20)15-6-8-16(26)9-7-15)22(29)19(33-24)12-14-5-10-18(31-3)17(25)11-14/h5-12,21H,4H2,1-3H3/b19-12-. The van der Waals surface area contributed by atoms with Crippen LogP contribution in [0.25, 0.3) is 6.08 Å². The highest BCUT2D eigenvalue weighted by Crippen LogP contribution is 2.31. The summed E-state index contributed by atoms with van der Waals surface area (Å²) in [5.41, 5.74) is 2.20. The van der Waals surface area contributed by atoms with E-state index in [4.69, 9.17) is 21.1 Å². The van der Waals surface area contributed by atoms with Gasteiger partial charge in [0, 0.05) is 5.02 Å². The quantitative estimate of drug-likeness (QED) is 0.449. The number of halogens is 2. The van der Waals surface area contributed by atoms with E-state index in [9.17, 15) is 9.59 Å². The van der Waals surface area contributed by atoms with Crippen molar-refractivity contribution in [1.82, 2.24) is 4.57 Å². The number of hydrogen-bond donors (Lipinski definition) is 0. The summed E-state index contributed by atoms with van der Waals surface area (Å²) in [6.45, 7) is 3.72. The van der Waals surface area contributed by atoms with Crippen molar-refractivity contribution in [3.63, 3.8) is 0 Å². The molecule has 6 nitrogen and oxygen atoms in total. The van der Waals surface area contributed by atoms with Crippen molar-refractivity contribution in [1.29, 1.82) is 0 Å². The number of hydrogen-bond acceptors (Lipinski definition) is 6. The summed E-state index contributed by atoms with van der Waals surface area (Å²) in [5, 5.41) is 0.564. The van der Waals surface area contributed by atoms with Crippen LogP contribution in [0.15, 0.2) is 68.0 Å². The highest BCUT2D eigenvalue weighted by atomic mass is 79.9. The van der Waals surface area contributed by atoms with Crippen LogP contribution in [-0.2, 0) is 9.53 Å². The third kappa shape index (κ3) is 4.55. The Balaban J connectivity index is 1.93. The molecule has 33 heavy (non-hydrogen) atoms. The van der Waals surface area contributed by atoms with Gasteiger partial charge in [0.05, 0.1) is 40.0 Å².